The molecule has 1 aliphatic heterocycles. The van der Waals surface area contributed by atoms with Crippen molar-refractivity contribution >= 4 is 5.91 Å². The van der Waals surface area contributed by atoms with E-state index < -0.39 is 0 Å². The van der Waals surface area contributed by atoms with Crippen molar-refractivity contribution < 1.29 is 9.32 Å². The van der Waals surface area contributed by atoms with Crippen molar-refractivity contribution in [2.24, 2.45) is 0 Å². The summed E-state index contributed by atoms with van der Waals surface area (Å²) in [6, 6.07) is 1.99. The van der Waals surface area contributed by atoms with Gasteiger partial charge in [-0.3, -0.25) is 9.48 Å². The van der Waals surface area contributed by atoms with Crippen LogP contribution in [0.2, 0.25) is 0 Å². The summed E-state index contributed by atoms with van der Waals surface area (Å²) < 4.78 is 7.25. The van der Waals surface area contributed by atoms with Crippen LogP contribution in [-0.2, 0) is 11.3 Å². The fourth-order valence-electron chi connectivity index (χ4n) is 3.26. The highest BCUT2D eigenvalue weighted by molar-refractivity contribution is 5.76. The van der Waals surface area contributed by atoms with E-state index in [1.807, 2.05) is 24.8 Å². The Bertz CT molecular complexity index is 736. The molecule has 1 aliphatic rings. The van der Waals surface area contributed by atoms with Crippen LogP contribution in [0.1, 0.15) is 68.0 Å². The van der Waals surface area contributed by atoms with E-state index in [1.54, 1.807) is 4.68 Å². The zero-order valence-electron chi connectivity index (χ0n) is 15.5. The van der Waals surface area contributed by atoms with Crippen LogP contribution in [0.25, 0.3) is 0 Å². The van der Waals surface area contributed by atoms with Gasteiger partial charge in [-0.25, -0.2) is 0 Å². The molecular formula is C18H27N5O2. The lowest BCUT2D eigenvalue weighted by atomic mass is 9.98. The summed E-state index contributed by atoms with van der Waals surface area (Å²) in [6.45, 7) is 9.83. The molecule has 0 saturated carbocycles. The van der Waals surface area contributed by atoms with E-state index in [1.165, 1.54) is 0 Å². The minimum atomic E-state index is 0.0950. The third-order valence-electron chi connectivity index (χ3n) is 5.02. The second-order valence-electron chi connectivity index (χ2n) is 7.06. The van der Waals surface area contributed by atoms with Crippen LogP contribution in [0.3, 0.4) is 0 Å². The van der Waals surface area contributed by atoms with E-state index in [4.69, 9.17) is 4.52 Å². The maximum Gasteiger partial charge on any atom is 0.244 e. The molecule has 0 N–H and O–H groups in total. The molecule has 0 aliphatic carbocycles. The number of piperidine rings is 1. The van der Waals surface area contributed by atoms with E-state index in [0.717, 1.165) is 43.0 Å². The predicted molar refractivity (Wildman–Crippen MR) is 93.3 cm³/mol. The van der Waals surface area contributed by atoms with Crippen molar-refractivity contribution in [3.05, 3.63) is 29.2 Å². The third kappa shape index (κ3) is 3.91. The molecule has 0 aromatic carbocycles. The summed E-state index contributed by atoms with van der Waals surface area (Å²) in [5.41, 5.74) is 1.94. The summed E-state index contributed by atoms with van der Waals surface area (Å²) in [7, 11) is 0. The lowest BCUT2D eigenvalue weighted by molar-refractivity contribution is -0.133. The Labute approximate surface area is 148 Å². The highest BCUT2D eigenvalue weighted by atomic mass is 16.5. The maximum absolute atomic E-state index is 12.7. The fourth-order valence-corrected chi connectivity index (χ4v) is 3.26. The second kappa shape index (κ2) is 7.37. The largest absolute Gasteiger partial charge is 0.340 e. The van der Waals surface area contributed by atoms with Crippen molar-refractivity contribution in [2.75, 3.05) is 13.1 Å². The monoisotopic (exact) mass is 345 g/mol. The van der Waals surface area contributed by atoms with Gasteiger partial charge in [0.1, 0.15) is 6.54 Å². The molecular weight excluding hydrogens is 318 g/mol. The SMILES string of the molecule is CC[C@H](C)c1noc([C@@H]2CCCN(C(=O)Cn3nc(C)cc3C)C2)n1. The summed E-state index contributed by atoms with van der Waals surface area (Å²) in [6.07, 6.45) is 2.91. The van der Waals surface area contributed by atoms with Crippen LogP contribution < -0.4 is 0 Å². The molecule has 3 rings (SSSR count). The quantitative estimate of drug-likeness (QED) is 0.833. The van der Waals surface area contributed by atoms with Gasteiger partial charge in [0.2, 0.25) is 11.8 Å². The number of hydrogen-bond donors (Lipinski definition) is 0. The van der Waals surface area contributed by atoms with Gasteiger partial charge < -0.3 is 9.42 Å². The highest BCUT2D eigenvalue weighted by Crippen LogP contribution is 2.27. The smallest absolute Gasteiger partial charge is 0.244 e. The van der Waals surface area contributed by atoms with Gasteiger partial charge in [0.05, 0.1) is 11.6 Å². The van der Waals surface area contributed by atoms with Crippen LogP contribution in [0.4, 0.5) is 0 Å². The molecule has 7 nitrogen and oxygen atoms in total. The zero-order chi connectivity index (χ0) is 18.0. The topological polar surface area (TPSA) is 77.0 Å². The van der Waals surface area contributed by atoms with E-state index in [2.05, 4.69) is 29.1 Å². The number of rotatable bonds is 5. The molecule has 0 spiro atoms. The van der Waals surface area contributed by atoms with Crippen LogP contribution in [0.5, 0.6) is 0 Å². The van der Waals surface area contributed by atoms with E-state index in [-0.39, 0.29) is 18.4 Å². The molecule has 0 bridgehead atoms. The van der Waals surface area contributed by atoms with Crippen molar-refractivity contribution in [1.82, 2.24) is 24.8 Å². The van der Waals surface area contributed by atoms with E-state index in [0.29, 0.717) is 18.4 Å². The minimum Gasteiger partial charge on any atom is -0.340 e. The number of likely N-dealkylation sites (tertiary alicyclic amines) is 1. The molecule has 3 heterocycles. The van der Waals surface area contributed by atoms with Crippen LogP contribution >= 0.6 is 0 Å². The van der Waals surface area contributed by atoms with E-state index >= 15 is 0 Å². The standard InChI is InChI=1S/C18H27N5O2/c1-5-12(2)17-19-18(25-21-17)15-7-6-8-22(10-15)16(24)11-23-14(4)9-13(3)20-23/h9,12,15H,5-8,10-11H2,1-4H3/t12-,15+/m0/s1. The number of carbonyl (C=O) groups excluding carboxylic acids is 1. The number of carbonyl (C=O) groups is 1. The lowest BCUT2D eigenvalue weighted by Gasteiger charge is -2.31. The number of nitrogens with zero attached hydrogens (tertiary/aromatic N) is 5. The van der Waals surface area contributed by atoms with Gasteiger partial charge in [-0.05, 0) is 39.2 Å². The molecule has 2 aromatic rings. The Hall–Kier alpha value is -2.18. The first kappa shape index (κ1) is 17.6. The fraction of sp³-hybridized carbons (Fsp3) is 0.667. The summed E-state index contributed by atoms with van der Waals surface area (Å²) in [4.78, 5) is 19.1. The Kier molecular flexibility index (Phi) is 5.20. The van der Waals surface area contributed by atoms with Gasteiger partial charge in [-0.15, -0.1) is 0 Å². The van der Waals surface area contributed by atoms with Gasteiger partial charge in [0.15, 0.2) is 5.82 Å². The molecule has 0 unspecified atom stereocenters. The van der Waals surface area contributed by atoms with Gasteiger partial charge >= 0.3 is 0 Å². The number of hydrogen-bond acceptors (Lipinski definition) is 5. The highest BCUT2D eigenvalue weighted by Gasteiger charge is 2.29. The molecule has 2 aromatic heterocycles. The first-order valence-corrected chi connectivity index (χ1v) is 9.10. The maximum atomic E-state index is 12.7. The van der Waals surface area contributed by atoms with E-state index in [9.17, 15) is 4.79 Å². The lowest BCUT2D eigenvalue weighted by Crippen LogP contribution is -2.41. The van der Waals surface area contributed by atoms with Gasteiger partial charge in [-0.1, -0.05) is 19.0 Å². The zero-order valence-corrected chi connectivity index (χ0v) is 15.5. The summed E-state index contributed by atoms with van der Waals surface area (Å²) in [5.74, 6) is 1.95. The van der Waals surface area contributed by atoms with Crippen molar-refractivity contribution in [1.29, 1.82) is 0 Å². The molecule has 2 atom stereocenters. The van der Waals surface area contributed by atoms with Crippen LogP contribution in [0.15, 0.2) is 10.6 Å². The van der Waals surface area contributed by atoms with Crippen molar-refractivity contribution in [2.45, 2.75) is 65.3 Å². The number of aryl methyl sites for hydroxylation is 2. The molecule has 1 saturated heterocycles. The Morgan fingerprint density at radius 3 is 2.92 bits per heavy atom. The summed E-state index contributed by atoms with van der Waals surface area (Å²) in [5, 5.41) is 8.49. The third-order valence-corrected chi connectivity index (χ3v) is 5.02. The van der Waals surface area contributed by atoms with Gasteiger partial charge in [0.25, 0.3) is 0 Å². The molecule has 7 heteroatoms. The van der Waals surface area contributed by atoms with Gasteiger partial charge in [-0.2, -0.15) is 10.1 Å². The Morgan fingerprint density at radius 2 is 2.24 bits per heavy atom. The summed E-state index contributed by atoms with van der Waals surface area (Å²) >= 11 is 0. The molecule has 1 fully saturated rings. The Morgan fingerprint density at radius 1 is 1.44 bits per heavy atom. The first-order valence-electron chi connectivity index (χ1n) is 9.10. The second-order valence-corrected chi connectivity index (χ2v) is 7.06. The average Bonchev–Trinajstić information content (AvgIpc) is 3.21. The predicted octanol–water partition coefficient (Wildman–Crippen LogP) is 2.80. The van der Waals surface area contributed by atoms with Crippen LogP contribution in [-0.4, -0.2) is 43.8 Å². The van der Waals surface area contributed by atoms with Gasteiger partial charge in [0, 0.05) is 24.7 Å². The Balaban J connectivity index is 1.65. The van der Waals surface area contributed by atoms with Crippen LogP contribution in [0, 0.1) is 13.8 Å². The van der Waals surface area contributed by atoms with Crippen molar-refractivity contribution in [3.63, 3.8) is 0 Å². The normalized spacial score (nSPS) is 19.2. The minimum absolute atomic E-state index is 0.0950. The molecule has 25 heavy (non-hydrogen) atoms. The van der Waals surface area contributed by atoms with Crippen molar-refractivity contribution in [3.8, 4) is 0 Å². The average molecular weight is 345 g/mol. The first-order chi connectivity index (χ1) is 12.0. The molecule has 0 radical (unpaired) electrons. The molecule has 136 valence electrons. The number of amides is 1. The molecule has 1 amide bonds. The number of aromatic nitrogens is 4.